The van der Waals surface area contributed by atoms with E-state index in [4.69, 9.17) is 5.73 Å². The van der Waals surface area contributed by atoms with Crippen molar-refractivity contribution in [3.05, 3.63) is 59.7 Å². The van der Waals surface area contributed by atoms with E-state index in [0.717, 1.165) is 17.7 Å². The number of carbonyl (C=O) groups is 1. The van der Waals surface area contributed by atoms with Crippen molar-refractivity contribution in [1.82, 2.24) is 0 Å². The number of hydrogen-bond donors (Lipinski definition) is 2. The average molecular weight is 276 g/mol. The molecule has 0 bridgehead atoms. The molecule has 5 heteroatoms. The Kier molecular flexibility index (Phi) is 4.30. The van der Waals surface area contributed by atoms with Crippen molar-refractivity contribution >= 4 is 17.3 Å². The van der Waals surface area contributed by atoms with E-state index in [9.17, 15) is 13.6 Å². The quantitative estimate of drug-likeness (QED) is 0.843. The van der Waals surface area contributed by atoms with E-state index in [-0.39, 0.29) is 18.0 Å². The van der Waals surface area contributed by atoms with Crippen molar-refractivity contribution in [3.63, 3.8) is 0 Å². The summed E-state index contributed by atoms with van der Waals surface area (Å²) in [5.74, 6) is -2.21. The Balaban J connectivity index is 1.93. The number of nitrogens with two attached hydrogens (primary N) is 1. The predicted molar refractivity (Wildman–Crippen MR) is 74.2 cm³/mol. The van der Waals surface area contributed by atoms with Gasteiger partial charge in [-0.3, -0.25) is 4.79 Å². The summed E-state index contributed by atoms with van der Waals surface area (Å²) in [6.45, 7) is 0. The SMILES string of the molecule is Nc1ccccc1CCC(=O)Nc1ccc(F)c(F)c1. The number of para-hydroxylation sites is 1. The van der Waals surface area contributed by atoms with Crippen LogP contribution in [-0.2, 0) is 11.2 Å². The number of halogens is 2. The number of nitrogen functional groups attached to an aromatic ring is 1. The third-order valence-corrected chi connectivity index (χ3v) is 2.88. The molecule has 0 aliphatic heterocycles. The van der Waals surface area contributed by atoms with Crippen molar-refractivity contribution in [3.8, 4) is 0 Å². The zero-order chi connectivity index (χ0) is 14.5. The van der Waals surface area contributed by atoms with Crippen LogP contribution in [0.2, 0.25) is 0 Å². The maximum atomic E-state index is 13.0. The van der Waals surface area contributed by atoms with Crippen LogP contribution < -0.4 is 11.1 Å². The first-order valence-electron chi connectivity index (χ1n) is 6.14. The standard InChI is InChI=1S/C15H14F2N2O/c16-12-7-6-11(9-13(12)17)19-15(20)8-5-10-3-1-2-4-14(10)18/h1-4,6-7,9H,5,8,18H2,(H,19,20). The highest BCUT2D eigenvalue weighted by Crippen LogP contribution is 2.15. The smallest absolute Gasteiger partial charge is 0.224 e. The zero-order valence-electron chi connectivity index (χ0n) is 10.7. The molecule has 20 heavy (non-hydrogen) atoms. The number of benzene rings is 2. The molecule has 3 nitrogen and oxygen atoms in total. The lowest BCUT2D eigenvalue weighted by molar-refractivity contribution is -0.116. The van der Waals surface area contributed by atoms with Crippen LogP contribution in [0.5, 0.6) is 0 Å². The fourth-order valence-electron chi connectivity index (χ4n) is 1.81. The van der Waals surface area contributed by atoms with Crippen molar-refractivity contribution in [2.24, 2.45) is 0 Å². The zero-order valence-corrected chi connectivity index (χ0v) is 10.7. The molecule has 0 unspecified atom stereocenters. The molecule has 1 amide bonds. The molecule has 0 saturated heterocycles. The molecule has 104 valence electrons. The third kappa shape index (κ3) is 3.54. The molecule has 2 aromatic carbocycles. The van der Waals surface area contributed by atoms with Crippen LogP contribution in [0.3, 0.4) is 0 Å². The van der Waals surface area contributed by atoms with Crippen molar-refractivity contribution in [1.29, 1.82) is 0 Å². The van der Waals surface area contributed by atoms with Gasteiger partial charge in [-0.25, -0.2) is 8.78 Å². The predicted octanol–water partition coefficient (Wildman–Crippen LogP) is 3.12. The Hall–Kier alpha value is -2.43. The second-order valence-electron chi connectivity index (χ2n) is 4.38. The molecule has 0 saturated carbocycles. The van der Waals surface area contributed by atoms with Gasteiger partial charge in [0.2, 0.25) is 5.91 Å². The Morgan fingerprint density at radius 1 is 1.10 bits per heavy atom. The molecule has 0 aromatic heterocycles. The number of anilines is 2. The summed E-state index contributed by atoms with van der Waals surface area (Å²) in [5.41, 5.74) is 7.52. The van der Waals surface area contributed by atoms with Gasteiger partial charge in [0.05, 0.1) is 0 Å². The molecule has 0 radical (unpaired) electrons. The number of aryl methyl sites for hydroxylation is 1. The molecule has 0 fully saturated rings. The van der Waals surface area contributed by atoms with Gasteiger partial charge in [0.1, 0.15) is 0 Å². The maximum Gasteiger partial charge on any atom is 0.224 e. The van der Waals surface area contributed by atoms with Crippen molar-refractivity contribution < 1.29 is 13.6 Å². The Labute approximate surface area is 115 Å². The first kappa shape index (κ1) is 14.0. The molecule has 0 atom stereocenters. The monoisotopic (exact) mass is 276 g/mol. The minimum absolute atomic E-state index is 0.215. The van der Waals surface area contributed by atoms with Crippen LogP contribution >= 0.6 is 0 Å². The van der Waals surface area contributed by atoms with E-state index in [0.29, 0.717) is 12.1 Å². The van der Waals surface area contributed by atoms with E-state index < -0.39 is 11.6 Å². The third-order valence-electron chi connectivity index (χ3n) is 2.88. The fraction of sp³-hybridized carbons (Fsp3) is 0.133. The lowest BCUT2D eigenvalue weighted by Gasteiger charge is -2.07. The summed E-state index contributed by atoms with van der Waals surface area (Å²) < 4.78 is 25.7. The van der Waals surface area contributed by atoms with Crippen LogP contribution in [0.25, 0.3) is 0 Å². The number of carbonyl (C=O) groups excluding carboxylic acids is 1. The van der Waals surface area contributed by atoms with E-state index in [1.54, 1.807) is 6.07 Å². The highest BCUT2D eigenvalue weighted by Gasteiger charge is 2.07. The van der Waals surface area contributed by atoms with Crippen molar-refractivity contribution in [2.45, 2.75) is 12.8 Å². The number of amides is 1. The van der Waals surface area contributed by atoms with Crippen LogP contribution in [0.4, 0.5) is 20.2 Å². The molecular formula is C15H14F2N2O. The fourth-order valence-corrected chi connectivity index (χ4v) is 1.81. The van der Waals surface area contributed by atoms with Gasteiger partial charge in [-0.2, -0.15) is 0 Å². The van der Waals surface area contributed by atoms with Crippen molar-refractivity contribution in [2.75, 3.05) is 11.1 Å². The molecule has 0 heterocycles. The van der Waals surface area contributed by atoms with Gasteiger partial charge in [-0.05, 0) is 30.2 Å². The lowest BCUT2D eigenvalue weighted by atomic mass is 10.1. The van der Waals surface area contributed by atoms with Crippen LogP contribution in [-0.4, -0.2) is 5.91 Å². The summed E-state index contributed by atoms with van der Waals surface area (Å²) in [5, 5.41) is 2.51. The minimum atomic E-state index is -0.991. The molecule has 2 aromatic rings. The largest absolute Gasteiger partial charge is 0.399 e. The lowest BCUT2D eigenvalue weighted by Crippen LogP contribution is -2.13. The highest BCUT2D eigenvalue weighted by molar-refractivity contribution is 5.90. The van der Waals surface area contributed by atoms with Crippen LogP contribution in [0.1, 0.15) is 12.0 Å². The van der Waals surface area contributed by atoms with Gasteiger partial charge >= 0.3 is 0 Å². The number of nitrogens with one attached hydrogen (secondary N) is 1. The second-order valence-corrected chi connectivity index (χ2v) is 4.38. The van der Waals surface area contributed by atoms with Gasteiger partial charge in [-0.1, -0.05) is 18.2 Å². The topological polar surface area (TPSA) is 55.1 Å². The Bertz CT molecular complexity index is 629. The molecular weight excluding hydrogens is 262 g/mol. The second kappa shape index (κ2) is 6.14. The van der Waals surface area contributed by atoms with Gasteiger partial charge in [0.15, 0.2) is 11.6 Å². The van der Waals surface area contributed by atoms with Gasteiger partial charge in [-0.15, -0.1) is 0 Å². The highest BCUT2D eigenvalue weighted by atomic mass is 19.2. The Morgan fingerprint density at radius 2 is 1.85 bits per heavy atom. The first-order valence-corrected chi connectivity index (χ1v) is 6.14. The van der Waals surface area contributed by atoms with Crippen LogP contribution in [0, 0.1) is 11.6 Å². The van der Waals surface area contributed by atoms with E-state index in [1.165, 1.54) is 6.07 Å². The summed E-state index contributed by atoms with van der Waals surface area (Å²) in [4.78, 5) is 11.7. The molecule has 0 spiro atoms. The molecule has 0 aliphatic carbocycles. The van der Waals surface area contributed by atoms with E-state index in [1.807, 2.05) is 18.2 Å². The number of hydrogen-bond acceptors (Lipinski definition) is 2. The van der Waals surface area contributed by atoms with E-state index >= 15 is 0 Å². The minimum Gasteiger partial charge on any atom is -0.399 e. The van der Waals surface area contributed by atoms with Gasteiger partial charge in [0.25, 0.3) is 0 Å². The molecule has 2 rings (SSSR count). The number of rotatable bonds is 4. The van der Waals surface area contributed by atoms with Gasteiger partial charge < -0.3 is 11.1 Å². The Morgan fingerprint density at radius 3 is 2.55 bits per heavy atom. The maximum absolute atomic E-state index is 13.0. The summed E-state index contributed by atoms with van der Waals surface area (Å²) >= 11 is 0. The normalized spacial score (nSPS) is 10.3. The summed E-state index contributed by atoms with van der Waals surface area (Å²) in [7, 11) is 0. The average Bonchev–Trinajstić information content (AvgIpc) is 2.42. The first-order chi connectivity index (χ1) is 9.56. The van der Waals surface area contributed by atoms with Gasteiger partial charge in [0, 0.05) is 23.9 Å². The summed E-state index contributed by atoms with van der Waals surface area (Å²) in [6, 6.07) is 10.5. The molecule has 0 aliphatic rings. The van der Waals surface area contributed by atoms with E-state index in [2.05, 4.69) is 5.32 Å². The molecule has 3 N–H and O–H groups in total. The van der Waals surface area contributed by atoms with Crippen LogP contribution in [0.15, 0.2) is 42.5 Å². The summed E-state index contributed by atoms with van der Waals surface area (Å²) in [6.07, 6.45) is 0.704.